The third-order valence-corrected chi connectivity index (χ3v) is 4.41. The Kier molecular flexibility index (Phi) is 5.04. The molecule has 3 aromatic rings. The van der Waals surface area contributed by atoms with Gasteiger partial charge in [-0.3, -0.25) is 0 Å². The van der Waals surface area contributed by atoms with Gasteiger partial charge in [-0.1, -0.05) is 28.6 Å². The van der Waals surface area contributed by atoms with Crippen molar-refractivity contribution in [3.8, 4) is 16.7 Å². The number of carboxylic acids is 1. The van der Waals surface area contributed by atoms with Gasteiger partial charge in [0, 0.05) is 5.56 Å². The van der Waals surface area contributed by atoms with Gasteiger partial charge in [0.15, 0.2) is 17.2 Å². The standard InChI is InChI=1S/C18H16N2O5S/c1-10-8-11(16(17(21)22)20-24-3)15-14(9-10)26-18(19-15)25-13-7-5-4-6-12(13)23-2/h4-9H,1-3H3,(H,21,22). The molecule has 0 amide bonds. The fourth-order valence-corrected chi connectivity index (χ4v) is 3.42. The summed E-state index contributed by atoms with van der Waals surface area (Å²) in [5.74, 6) is -0.0920. The molecule has 8 heteroatoms. The first kappa shape index (κ1) is 17.7. The van der Waals surface area contributed by atoms with Gasteiger partial charge < -0.3 is 19.4 Å². The molecule has 0 saturated carbocycles. The highest BCUT2D eigenvalue weighted by Gasteiger charge is 2.21. The molecule has 0 radical (unpaired) electrons. The van der Waals surface area contributed by atoms with Crippen LogP contribution in [0.25, 0.3) is 10.2 Å². The van der Waals surface area contributed by atoms with E-state index in [1.54, 1.807) is 25.3 Å². The fourth-order valence-electron chi connectivity index (χ4n) is 2.46. The summed E-state index contributed by atoms with van der Waals surface area (Å²) in [4.78, 5) is 20.7. The smallest absolute Gasteiger partial charge is 0.358 e. The van der Waals surface area contributed by atoms with Crippen LogP contribution in [0.4, 0.5) is 0 Å². The van der Waals surface area contributed by atoms with Gasteiger partial charge >= 0.3 is 5.97 Å². The van der Waals surface area contributed by atoms with Gasteiger partial charge in [-0.05, 0) is 36.8 Å². The topological polar surface area (TPSA) is 90.2 Å². The number of para-hydroxylation sites is 2. The first-order valence-corrected chi connectivity index (χ1v) is 8.42. The van der Waals surface area contributed by atoms with Crippen LogP contribution < -0.4 is 9.47 Å². The largest absolute Gasteiger partial charge is 0.493 e. The van der Waals surface area contributed by atoms with Crippen molar-refractivity contribution in [3.05, 3.63) is 47.5 Å². The summed E-state index contributed by atoms with van der Waals surface area (Å²) in [5.41, 5.74) is 1.53. The Bertz CT molecular complexity index is 996. The Morgan fingerprint density at radius 2 is 1.92 bits per heavy atom. The monoisotopic (exact) mass is 372 g/mol. The van der Waals surface area contributed by atoms with Crippen molar-refractivity contribution in [3.63, 3.8) is 0 Å². The van der Waals surface area contributed by atoms with E-state index in [-0.39, 0.29) is 5.71 Å². The molecule has 2 aromatic carbocycles. The van der Waals surface area contributed by atoms with Crippen molar-refractivity contribution >= 4 is 33.2 Å². The van der Waals surface area contributed by atoms with Crippen LogP contribution in [0.1, 0.15) is 11.1 Å². The molecular weight excluding hydrogens is 356 g/mol. The molecule has 0 unspecified atom stereocenters. The number of nitrogens with zero attached hydrogens (tertiary/aromatic N) is 2. The van der Waals surface area contributed by atoms with E-state index in [1.807, 2.05) is 25.1 Å². The van der Waals surface area contributed by atoms with Crippen LogP contribution in [0.3, 0.4) is 0 Å². The molecule has 1 heterocycles. The number of aliphatic carboxylic acids is 1. The SMILES string of the molecule is CON=C(C(=O)O)c1cc(C)cc2sc(Oc3ccccc3OC)nc12. The molecule has 1 N–H and O–H groups in total. The summed E-state index contributed by atoms with van der Waals surface area (Å²) < 4.78 is 11.9. The number of oxime groups is 1. The highest BCUT2D eigenvalue weighted by Crippen LogP contribution is 2.37. The van der Waals surface area contributed by atoms with Gasteiger partial charge in [-0.25, -0.2) is 9.78 Å². The van der Waals surface area contributed by atoms with Gasteiger partial charge in [0.2, 0.25) is 0 Å². The Hall–Kier alpha value is -3.13. The molecule has 3 rings (SSSR count). The minimum absolute atomic E-state index is 0.213. The minimum atomic E-state index is -1.20. The lowest BCUT2D eigenvalue weighted by atomic mass is 10.1. The fraction of sp³-hybridized carbons (Fsp3) is 0.167. The normalized spacial score (nSPS) is 11.4. The van der Waals surface area contributed by atoms with E-state index in [0.717, 1.165) is 10.3 Å². The summed E-state index contributed by atoms with van der Waals surface area (Å²) in [6.07, 6.45) is 0. The van der Waals surface area contributed by atoms with Crippen LogP contribution in [0.15, 0.2) is 41.6 Å². The predicted molar refractivity (Wildman–Crippen MR) is 98.6 cm³/mol. The lowest BCUT2D eigenvalue weighted by molar-refractivity contribution is -0.129. The number of methoxy groups -OCH3 is 1. The third-order valence-electron chi connectivity index (χ3n) is 3.53. The first-order chi connectivity index (χ1) is 12.5. The number of aryl methyl sites for hydroxylation is 1. The van der Waals surface area contributed by atoms with Gasteiger partial charge in [-0.2, -0.15) is 0 Å². The Morgan fingerprint density at radius 1 is 1.19 bits per heavy atom. The van der Waals surface area contributed by atoms with E-state index in [0.29, 0.717) is 27.8 Å². The molecular formula is C18H16N2O5S. The van der Waals surface area contributed by atoms with E-state index >= 15 is 0 Å². The first-order valence-electron chi connectivity index (χ1n) is 7.60. The van der Waals surface area contributed by atoms with Crippen LogP contribution in [0, 0.1) is 6.92 Å². The van der Waals surface area contributed by atoms with Crippen molar-refractivity contribution in [1.82, 2.24) is 4.98 Å². The minimum Gasteiger partial charge on any atom is -0.493 e. The molecule has 0 aliphatic heterocycles. The zero-order chi connectivity index (χ0) is 18.7. The second-order valence-corrected chi connectivity index (χ2v) is 6.31. The van der Waals surface area contributed by atoms with Crippen molar-refractivity contribution in [2.75, 3.05) is 14.2 Å². The van der Waals surface area contributed by atoms with Gasteiger partial charge in [-0.15, -0.1) is 0 Å². The maximum absolute atomic E-state index is 11.5. The van der Waals surface area contributed by atoms with E-state index in [1.165, 1.54) is 18.4 Å². The van der Waals surface area contributed by atoms with Gasteiger partial charge in [0.05, 0.1) is 17.3 Å². The number of thiazole rings is 1. The Labute approximate surface area is 153 Å². The summed E-state index contributed by atoms with van der Waals surface area (Å²) in [7, 11) is 2.86. The van der Waals surface area contributed by atoms with Crippen LogP contribution in [0.2, 0.25) is 0 Å². The number of benzene rings is 2. The molecule has 0 aliphatic rings. The average Bonchev–Trinajstić information content (AvgIpc) is 3.01. The van der Waals surface area contributed by atoms with Crippen molar-refractivity contribution in [2.24, 2.45) is 5.16 Å². The van der Waals surface area contributed by atoms with Gasteiger partial charge in [0.25, 0.3) is 5.19 Å². The summed E-state index contributed by atoms with van der Waals surface area (Å²) >= 11 is 1.31. The van der Waals surface area contributed by atoms with E-state index in [2.05, 4.69) is 15.0 Å². The molecule has 0 spiro atoms. The van der Waals surface area contributed by atoms with Crippen LogP contribution >= 0.6 is 11.3 Å². The second-order valence-electron chi connectivity index (χ2n) is 5.32. The molecule has 0 fully saturated rings. The van der Waals surface area contributed by atoms with E-state index in [9.17, 15) is 9.90 Å². The zero-order valence-electron chi connectivity index (χ0n) is 14.3. The zero-order valence-corrected chi connectivity index (χ0v) is 15.2. The number of hydrogen-bond acceptors (Lipinski definition) is 7. The van der Waals surface area contributed by atoms with Gasteiger partial charge in [0.1, 0.15) is 7.11 Å². The summed E-state index contributed by atoms with van der Waals surface area (Å²) in [6, 6.07) is 10.8. The second kappa shape index (κ2) is 7.40. The van der Waals surface area contributed by atoms with Crippen molar-refractivity contribution in [1.29, 1.82) is 0 Å². The maximum atomic E-state index is 11.5. The number of rotatable bonds is 6. The Morgan fingerprint density at radius 3 is 2.58 bits per heavy atom. The molecule has 0 saturated heterocycles. The summed E-state index contributed by atoms with van der Waals surface area (Å²) in [5, 5.41) is 13.4. The molecule has 134 valence electrons. The molecule has 0 atom stereocenters. The number of ether oxygens (including phenoxy) is 2. The average molecular weight is 372 g/mol. The third kappa shape index (κ3) is 3.45. The number of fused-ring (bicyclic) bond motifs is 1. The van der Waals surface area contributed by atoms with Crippen LogP contribution in [-0.4, -0.2) is 36.0 Å². The van der Waals surface area contributed by atoms with Crippen LogP contribution in [-0.2, 0) is 9.63 Å². The lowest BCUT2D eigenvalue weighted by Crippen LogP contribution is -2.15. The molecule has 1 aromatic heterocycles. The lowest BCUT2D eigenvalue weighted by Gasteiger charge is -2.06. The maximum Gasteiger partial charge on any atom is 0.358 e. The highest BCUT2D eigenvalue weighted by atomic mass is 32.1. The van der Waals surface area contributed by atoms with E-state index < -0.39 is 5.97 Å². The number of aromatic nitrogens is 1. The van der Waals surface area contributed by atoms with Crippen molar-refractivity contribution < 1.29 is 24.2 Å². The number of carboxylic acid groups (broad SMARTS) is 1. The van der Waals surface area contributed by atoms with Crippen LogP contribution in [0.5, 0.6) is 16.7 Å². The predicted octanol–water partition coefficient (Wildman–Crippen LogP) is 3.84. The molecule has 7 nitrogen and oxygen atoms in total. The molecule has 0 aliphatic carbocycles. The number of hydrogen-bond donors (Lipinski definition) is 1. The van der Waals surface area contributed by atoms with E-state index in [4.69, 9.17) is 9.47 Å². The number of carbonyl (C=O) groups is 1. The van der Waals surface area contributed by atoms with Crippen molar-refractivity contribution in [2.45, 2.75) is 6.92 Å². The molecule has 0 bridgehead atoms. The Balaban J connectivity index is 2.10. The molecule has 26 heavy (non-hydrogen) atoms. The summed E-state index contributed by atoms with van der Waals surface area (Å²) in [6.45, 7) is 1.87. The highest BCUT2D eigenvalue weighted by molar-refractivity contribution is 7.20. The quantitative estimate of drug-likeness (QED) is 0.522.